The highest BCUT2D eigenvalue weighted by Gasteiger charge is 2.36. The number of nitrogens with one attached hydrogen (secondary N) is 2. The highest BCUT2D eigenvalue weighted by atomic mass is 32.1. The molecule has 7 nitrogen and oxygen atoms in total. The molecule has 33 heavy (non-hydrogen) atoms. The maximum absolute atomic E-state index is 13.4. The van der Waals surface area contributed by atoms with Crippen LogP contribution in [0.1, 0.15) is 69.7 Å². The van der Waals surface area contributed by atoms with Gasteiger partial charge in [-0.25, -0.2) is 4.79 Å². The van der Waals surface area contributed by atoms with Crippen LogP contribution in [-0.2, 0) is 14.3 Å². The predicted octanol–water partition coefficient (Wildman–Crippen LogP) is 3.89. The summed E-state index contributed by atoms with van der Waals surface area (Å²) in [5.74, 6) is -1.01. The molecule has 2 atom stereocenters. The topological polar surface area (TPSA) is 87.7 Å². The minimum atomic E-state index is -1.07. The molecule has 0 fully saturated rings. The fraction of sp³-hybridized carbons (Fsp3) is 0.560. The maximum atomic E-state index is 13.4. The zero-order chi connectivity index (χ0) is 25.2. The van der Waals surface area contributed by atoms with Crippen molar-refractivity contribution >= 4 is 30.5 Å². The standard InChI is InChI=1S/C25H37N3O4S/c1-8-10-11-14-26-22(29)21(19-15-17(3)12-13-18(19)4)28(9-2)23(30)20(16-33)27-24(31)32-25(5,6)7/h2,12-13,15,20-21,33H,8,10-11,14,16H2,1,3-7H3,(H,26,29)(H,27,31). The van der Waals surface area contributed by atoms with E-state index in [0.717, 1.165) is 35.3 Å². The molecule has 1 aromatic rings. The second kappa shape index (κ2) is 13.1. The molecule has 0 radical (unpaired) electrons. The highest BCUT2D eigenvalue weighted by molar-refractivity contribution is 7.80. The van der Waals surface area contributed by atoms with E-state index >= 15 is 0 Å². The zero-order valence-electron chi connectivity index (χ0n) is 20.5. The lowest BCUT2D eigenvalue weighted by Crippen LogP contribution is -2.52. The van der Waals surface area contributed by atoms with E-state index in [1.807, 2.05) is 32.0 Å². The van der Waals surface area contributed by atoms with Crippen LogP contribution in [0.4, 0.5) is 4.79 Å². The first-order chi connectivity index (χ1) is 15.4. The van der Waals surface area contributed by atoms with E-state index in [0.29, 0.717) is 12.1 Å². The van der Waals surface area contributed by atoms with Gasteiger partial charge in [0.2, 0.25) is 5.91 Å². The summed E-state index contributed by atoms with van der Waals surface area (Å²) < 4.78 is 5.25. The van der Waals surface area contributed by atoms with Crippen molar-refractivity contribution < 1.29 is 19.1 Å². The van der Waals surface area contributed by atoms with Gasteiger partial charge in [-0.05, 0) is 52.2 Å². The Labute approximate surface area is 203 Å². The van der Waals surface area contributed by atoms with Crippen LogP contribution in [0.25, 0.3) is 0 Å². The number of aryl methyl sites for hydroxylation is 2. The van der Waals surface area contributed by atoms with Crippen LogP contribution in [0.15, 0.2) is 18.2 Å². The Hall–Kier alpha value is -2.66. The summed E-state index contributed by atoms with van der Waals surface area (Å²) >= 11 is 4.21. The molecule has 0 aliphatic heterocycles. The monoisotopic (exact) mass is 475 g/mol. The first-order valence-corrected chi connectivity index (χ1v) is 11.8. The van der Waals surface area contributed by atoms with E-state index in [9.17, 15) is 14.4 Å². The number of amides is 3. The van der Waals surface area contributed by atoms with Crippen molar-refractivity contribution in [2.45, 2.75) is 78.5 Å². The van der Waals surface area contributed by atoms with Gasteiger partial charge in [-0.1, -0.05) is 50.0 Å². The molecule has 1 aromatic carbocycles. The van der Waals surface area contributed by atoms with E-state index in [1.165, 1.54) is 0 Å². The van der Waals surface area contributed by atoms with E-state index in [4.69, 9.17) is 11.2 Å². The Balaban J connectivity index is 3.27. The fourth-order valence-corrected chi connectivity index (χ4v) is 3.45. The molecule has 0 heterocycles. The Kier molecular flexibility index (Phi) is 11.3. The van der Waals surface area contributed by atoms with Gasteiger partial charge in [-0.3, -0.25) is 14.5 Å². The lowest BCUT2D eigenvalue weighted by Gasteiger charge is -2.30. The van der Waals surface area contributed by atoms with E-state index < -0.39 is 29.7 Å². The number of rotatable bonds is 10. The predicted molar refractivity (Wildman–Crippen MR) is 134 cm³/mol. The molecule has 2 unspecified atom stereocenters. The van der Waals surface area contributed by atoms with Gasteiger partial charge in [0.1, 0.15) is 17.7 Å². The van der Waals surface area contributed by atoms with Gasteiger partial charge >= 0.3 is 6.09 Å². The number of alkyl carbamates (subject to hydrolysis) is 1. The number of hydrogen-bond donors (Lipinski definition) is 3. The molecular formula is C25H37N3O4S. The Morgan fingerprint density at radius 1 is 1.21 bits per heavy atom. The summed E-state index contributed by atoms with van der Waals surface area (Å²) in [7, 11) is 0. The highest BCUT2D eigenvalue weighted by Crippen LogP contribution is 2.26. The molecule has 2 N–H and O–H groups in total. The van der Waals surface area contributed by atoms with Gasteiger partial charge < -0.3 is 15.4 Å². The third-order valence-corrected chi connectivity index (χ3v) is 5.23. The molecular weight excluding hydrogens is 438 g/mol. The molecule has 0 saturated carbocycles. The van der Waals surface area contributed by atoms with Gasteiger partial charge in [0, 0.05) is 18.3 Å². The molecule has 0 aliphatic carbocycles. The Bertz CT molecular complexity index is 873. The number of terminal acetylenes is 1. The third kappa shape index (κ3) is 9.01. The van der Waals surface area contributed by atoms with Gasteiger partial charge in [0.15, 0.2) is 0 Å². The fourth-order valence-electron chi connectivity index (χ4n) is 3.20. The van der Waals surface area contributed by atoms with Crippen molar-refractivity contribution in [1.29, 1.82) is 0 Å². The number of hydrogen-bond acceptors (Lipinski definition) is 5. The minimum Gasteiger partial charge on any atom is -0.444 e. The Morgan fingerprint density at radius 3 is 2.42 bits per heavy atom. The smallest absolute Gasteiger partial charge is 0.408 e. The van der Waals surface area contributed by atoms with Gasteiger partial charge in [-0.2, -0.15) is 12.6 Å². The van der Waals surface area contributed by atoms with Crippen LogP contribution in [-0.4, -0.2) is 46.7 Å². The normalized spacial score (nSPS) is 12.8. The molecule has 0 bridgehead atoms. The molecule has 0 spiro atoms. The number of benzene rings is 1. The molecule has 3 amide bonds. The van der Waals surface area contributed by atoms with Crippen molar-refractivity contribution in [2.75, 3.05) is 12.3 Å². The molecule has 182 valence electrons. The van der Waals surface area contributed by atoms with Gasteiger partial charge in [0.25, 0.3) is 5.91 Å². The Morgan fingerprint density at radius 2 is 1.88 bits per heavy atom. The first-order valence-electron chi connectivity index (χ1n) is 11.2. The van der Waals surface area contributed by atoms with Gasteiger partial charge in [0.05, 0.1) is 0 Å². The number of ether oxygens (including phenoxy) is 1. The zero-order valence-corrected chi connectivity index (χ0v) is 21.4. The van der Waals surface area contributed by atoms with Crippen LogP contribution in [0.5, 0.6) is 0 Å². The summed E-state index contributed by atoms with van der Waals surface area (Å²) in [6.07, 6.45) is 7.80. The van der Waals surface area contributed by atoms with Gasteiger partial charge in [-0.15, -0.1) is 0 Å². The quantitative estimate of drug-likeness (QED) is 0.207. The van der Waals surface area contributed by atoms with Crippen LogP contribution < -0.4 is 10.6 Å². The summed E-state index contributed by atoms with van der Waals surface area (Å²) in [6.45, 7) is 11.5. The summed E-state index contributed by atoms with van der Waals surface area (Å²) in [4.78, 5) is 39.9. The molecule has 0 saturated heterocycles. The molecule has 0 aromatic heterocycles. The summed E-state index contributed by atoms with van der Waals surface area (Å²) in [6, 6.07) is 5.90. The van der Waals surface area contributed by atoms with E-state index in [1.54, 1.807) is 20.8 Å². The van der Waals surface area contributed by atoms with E-state index in [-0.39, 0.29) is 11.7 Å². The maximum Gasteiger partial charge on any atom is 0.408 e. The summed E-state index contributed by atoms with van der Waals surface area (Å²) in [5.41, 5.74) is 1.65. The average Bonchev–Trinajstić information content (AvgIpc) is 2.73. The van der Waals surface area contributed by atoms with Crippen LogP contribution in [0.2, 0.25) is 0 Å². The van der Waals surface area contributed by atoms with Crippen LogP contribution in [0.3, 0.4) is 0 Å². The molecule has 0 aliphatic rings. The number of carbonyl (C=O) groups is 3. The van der Waals surface area contributed by atoms with Crippen LogP contribution in [0, 0.1) is 26.3 Å². The lowest BCUT2D eigenvalue weighted by atomic mass is 9.96. The van der Waals surface area contributed by atoms with Crippen molar-refractivity contribution in [3.8, 4) is 12.5 Å². The molecule has 1 rings (SSSR count). The largest absolute Gasteiger partial charge is 0.444 e. The van der Waals surface area contributed by atoms with Crippen molar-refractivity contribution in [3.63, 3.8) is 0 Å². The second-order valence-corrected chi connectivity index (χ2v) is 9.34. The number of nitrogens with zero attached hydrogens (tertiary/aromatic N) is 1. The minimum absolute atomic E-state index is 0.0199. The van der Waals surface area contributed by atoms with E-state index in [2.05, 4.69) is 36.2 Å². The van der Waals surface area contributed by atoms with Crippen molar-refractivity contribution in [3.05, 3.63) is 34.9 Å². The van der Waals surface area contributed by atoms with Crippen molar-refractivity contribution in [1.82, 2.24) is 15.5 Å². The number of thiol groups is 1. The molecule has 8 heteroatoms. The first kappa shape index (κ1) is 28.4. The SMILES string of the molecule is C#CN(C(=O)C(CS)NC(=O)OC(C)(C)C)C(C(=O)NCCCCC)c1cc(C)ccc1C. The van der Waals surface area contributed by atoms with Crippen LogP contribution >= 0.6 is 12.6 Å². The average molecular weight is 476 g/mol. The lowest BCUT2D eigenvalue weighted by molar-refractivity contribution is -0.138. The third-order valence-electron chi connectivity index (χ3n) is 4.86. The second-order valence-electron chi connectivity index (χ2n) is 8.98. The summed E-state index contributed by atoms with van der Waals surface area (Å²) in [5, 5.41) is 5.41. The number of unbranched alkanes of at least 4 members (excludes halogenated alkanes) is 2. The number of carbonyl (C=O) groups excluding carboxylic acids is 3. The van der Waals surface area contributed by atoms with Crippen molar-refractivity contribution in [2.24, 2.45) is 0 Å².